The van der Waals surface area contributed by atoms with Gasteiger partial charge >= 0.3 is 6.18 Å². The van der Waals surface area contributed by atoms with Crippen LogP contribution in [0.3, 0.4) is 0 Å². The second-order valence-electron chi connectivity index (χ2n) is 8.20. The largest absolute Gasteiger partial charge is 0.423 e. The molecule has 1 aliphatic rings. The van der Waals surface area contributed by atoms with Crippen molar-refractivity contribution in [2.24, 2.45) is 0 Å². The molecule has 35 heavy (non-hydrogen) atoms. The number of nitro groups is 1. The van der Waals surface area contributed by atoms with Gasteiger partial charge in [-0.1, -0.05) is 11.6 Å². The normalized spacial score (nSPS) is 18.1. The lowest BCUT2D eigenvalue weighted by Crippen LogP contribution is -2.35. The second kappa shape index (κ2) is 12.1. The summed E-state index contributed by atoms with van der Waals surface area (Å²) in [5, 5.41) is 20.5. The van der Waals surface area contributed by atoms with Gasteiger partial charge in [0.1, 0.15) is 12.2 Å². The van der Waals surface area contributed by atoms with Gasteiger partial charge in [-0.3, -0.25) is 14.9 Å². The van der Waals surface area contributed by atoms with E-state index in [-0.39, 0.29) is 30.3 Å². The van der Waals surface area contributed by atoms with Crippen molar-refractivity contribution < 1.29 is 27.6 Å². The van der Waals surface area contributed by atoms with Crippen molar-refractivity contribution in [3.05, 3.63) is 63.2 Å². The van der Waals surface area contributed by atoms with Crippen LogP contribution < -0.4 is 16.0 Å². The lowest BCUT2D eigenvalue weighted by atomic mass is 9.92. The first-order valence-corrected chi connectivity index (χ1v) is 11.5. The number of halogens is 4. The number of nitro benzene ring substituents is 1. The molecular weight excluding hydrogens is 489 g/mol. The second-order valence-corrected chi connectivity index (χ2v) is 8.64. The first-order valence-electron chi connectivity index (χ1n) is 11.1. The molecule has 3 rings (SSSR count). The maximum atomic E-state index is 13.2. The summed E-state index contributed by atoms with van der Waals surface area (Å²) in [4.78, 5) is 21.9. The molecule has 0 spiro atoms. The molecule has 190 valence electrons. The van der Waals surface area contributed by atoms with Crippen LogP contribution in [0.2, 0.25) is 5.02 Å². The van der Waals surface area contributed by atoms with Gasteiger partial charge in [-0.15, -0.1) is 0 Å². The summed E-state index contributed by atoms with van der Waals surface area (Å²) in [5.74, 6) is -0.228. The van der Waals surface area contributed by atoms with Crippen LogP contribution in [0.4, 0.5) is 30.2 Å². The monoisotopic (exact) mass is 514 g/mol. The average molecular weight is 515 g/mol. The maximum absolute atomic E-state index is 13.2. The van der Waals surface area contributed by atoms with E-state index in [1.807, 2.05) is 12.1 Å². The van der Waals surface area contributed by atoms with Crippen molar-refractivity contribution in [1.82, 2.24) is 5.32 Å². The summed E-state index contributed by atoms with van der Waals surface area (Å²) >= 11 is 5.83. The highest BCUT2D eigenvalue weighted by Gasteiger charge is 2.38. The molecule has 1 saturated carbocycles. The molecule has 0 unspecified atom stereocenters. The zero-order chi connectivity index (χ0) is 25.4. The lowest BCUT2D eigenvalue weighted by Gasteiger charge is -2.29. The Morgan fingerprint density at radius 3 is 2.34 bits per heavy atom. The Morgan fingerprint density at radius 2 is 1.71 bits per heavy atom. The van der Waals surface area contributed by atoms with E-state index in [4.69, 9.17) is 16.3 Å². The highest BCUT2D eigenvalue weighted by molar-refractivity contribution is 6.30. The molecule has 1 fully saturated rings. The van der Waals surface area contributed by atoms with Crippen LogP contribution in [-0.4, -0.2) is 42.7 Å². The van der Waals surface area contributed by atoms with Crippen LogP contribution in [0.15, 0.2) is 42.5 Å². The average Bonchev–Trinajstić information content (AvgIpc) is 2.82. The molecule has 12 heteroatoms. The Hall–Kier alpha value is -3.05. The van der Waals surface area contributed by atoms with Crippen LogP contribution in [0, 0.1) is 10.1 Å². The molecule has 0 heterocycles. The van der Waals surface area contributed by atoms with E-state index < -0.39 is 22.4 Å². The fourth-order valence-electron chi connectivity index (χ4n) is 3.84. The molecule has 3 N–H and O–H groups in total. The van der Waals surface area contributed by atoms with Gasteiger partial charge in [0.15, 0.2) is 0 Å². The number of alkyl halides is 3. The van der Waals surface area contributed by atoms with Crippen molar-refractivity contribution in [3.63, 3.8) is 0 Å². The van der Waals surface area contributed by atoms with E-state index >= 15 is 0 Å². The lowest BCUT2D eigenvalue weighted by molar-refractivity contribution is -0.388. The minimum Gasteiger partial charge on any atom is -0.383 e. The van der Waals surface area contributed by atoms with E-state index in [2.05, 4.69) is 16.0 Å². The summed E-state index contributed by atoms with van der Waals surface area (Å²) < 4.78 is 45.2. The fourth-order valence-corrected chi connectivity index (χ4v) is 3.97. The number of hydrogen-bond acceptors (Lipinski definition) is 6. The summed E-state index contributed by atoms with van der Waals surface area (Å²) in [5.41, 5.74) is -1.18. The fraction of sp³-hybridized carbons (Fsp3) is 0.435. The molecule has 1 aliphatic carbocycles. The zero-order valence-electron chi connectivity index (χ0n) is 18.7. The Balaban J connectivity index is 1.36. The summed E-state index contributed by atoms with van der Waals surface area (Å²) in [6, 6.07) is 10.0. The van der Waals surface area contributed by atoms with Crippen LogP contribution >= 0.6 is 11.6 Å². The topological polar surface area (TPSA) is 106 Å². The van der Waals surface area contributed by atoms with E-state index in [0.717, 1.165) is 17.8 Å². The number of benzene rings is 2. The third-order valence-corrected chi connectivity index (χ3v) is 5.87. The molecule has 0 radical (unpaired) electrons. The number of carbonyl (C=O) groups is 1. The van der Waals surface area contributed by atoms with Gasteiger partial charge in [-0.05, 0) is 62.1 Å². The van der Waals surface area contributed by atoms with Crippen molar-refractivity contribution in [2.75, 3.05) is 30.3 Å². The van der Waals surface area contributed by atoms with E-state index in [1.165, 1.54) is 6.07 Å². The van der Waals surface area contributed by atoms with Gasteiger partial charge in [0.05, 0.1) is 11.0 Å². The van der Waals surface area contributed by atoms with Gasteiger partial charge in [-0.25, -0.2) is 0 Å². The summed E-state index contributed by atoms with van der Waals surface area (Å²) in [6.45, 7) is 0.903. The van der Waals surface area contributed by atoms with Crippen molar-refractivity contribution in [3.8, 4) is 0 Å². The number of ether oxygens (including phenoxy) is 1. The molecule has 0 aliphatic heterocycles. The summed E-state index contributed by atoms with van der Waals surface area (Å²) in [6.07, 6.45) is -2.39. The number of carbonyl (C=O) groups excluding carboxylic acids is 1. The van der Waals surface area contributed by atoms with Crippen LogP contribution in [0.25, 0.3) is 0 Å². The Bertz CT molecular complexity index is 1010. The van der Waals surface area contributed by atoms with Crippen LogP contribution in [0.5, 0.6) is 0 Å². The van der Waals surface area contributed by atoms with E-state index in [1.54, 1.807) is 12.1 Å². The van der Waals surface area contributed by atoms with Gasteiger partial charge in [0.25, 0.3) is 5.69 Å². The number of rotatable bonds is 10. The molecule has 0 saturated heterocycles. The third-order valence-electron chi connectivity index (χ3n) is 5.61. The first kappa shape index (κ1) is 26.6. The highest BCUT2D eigenvalue weighted by Crippen LogP contribution is 2.38. The van der Waals surface area contributed by atoms with Crippen LogP contribution in [-0.2, 0) is 15.7 Å². The van der Waals surface area contributed by atoms with E-state index in [0.29, 0.717) is 43.8 Å². The number of amides is 1. The smallest absolute Gasteiger partial charge is 0.383 e. The highest BCUT2D eigenvalue weighted by atomic mass is 35.5. The molecule has 0 bridgehead atoms. The SMILES string of the molecule is O=C(CO[C@H]1CC[C@H](Nc2ccc([N+](=O)[O-])c(C(F)(F)F)c2)CC1)NCCNc1ccc(Cl)cc1. The number of anilines is 2. The predicted molar refractivity (Wildman–Crippen MR) is 127 cm³/mol. The van der Waals surface area contributed by atoms with Gasteiger partial charge < -0.3 is 20.7 Å². The van der Waals surface area contributed by atoms with Gasteiger partial charge in [0.2, 0.25) is 5.91 Å². The molecule has 1 amide bonds. The molecule has 2 aromatic carbocycles. The van der Waals surface area contributed by atoms with Crippen molar-refractivity contribution >= 4 is 34.6 Å². The molecular formula is C23H26ClF3N4O4. The standard InChI is InChI=1S/C23H26ClF3N4O4/c24-15-1-3-16(4-2-15)28-11-12-29-22(32)14-35-19-8-5-17(6-9-19)30-18-7-10-21(31(33)34)20(13-18)23(25,26)27/h1-4,7,10,13,17,19,28,30H,5-6,8-9,11-12,14H2,(H,29,32)/t17-,19-. The quantitative estimate of drug-likeness (QED) is 0.228. The Kier molecular flexibility index (Phi) is 9.16. The maximum Gasteiger partial charge on any atom is 0.423 e. The predicted octanol–water partition coefficient (Wildman–Crippen LogP) is 5.24. The number of hydrogen-bond donors (Lipinski definition) is 3. The van der Waals surface area contributed by atoms with Crippen molar-refractivity contribution in [1.29, 1.82) is 0 Å². The Labute approximate surface area is 205 Å². The molecule has 8 nitrogen and oxygen atoms in total. The van der Waals surface area contributed by atoms with E-state index in [9.17, 15) is 28.1 Å². The Morgan fingerprint density at radius 1 is 1.06 bits per heavy atom. The number of nitrogens with one attached hydrogen (secondary N) is 3. The minimum absolute atomic E-state index is 0.0685. The molecule has 0 aromatic heterocycles. The zero-order valence-corrected chi connectivity index (χ0v) is 19.5. The van der Waals surface area contributed by atoms with Crippen molar-refractivity contribution in [2.45, 2.75) is 44.0 Å². The van der Waals surface area contributed by atoms with Crippen LogP contribution in [0.1, 0.15) is 31.2 Å². The third kappa shape index (κ3) is 8.29. The number of nitrogens with zero attached hydrogens (tertiary/aromatic N) is 1. The molecule has 2 aromatic rings. The molecule has 0 atom stereocenters. The van der Waals surface area contributed by atoms with Gasteiger partial charge in [-0.2, -0.15) is 13.2 Å². The summed E-state index contributed by atoms with van der Waals surface area (Å²) in [7, 11) is 0. The minimum atomic E-state index is -4.82. The first-order chi connectivity index (χ1) is 16.6. The van der Waals surface area contributed by atoms with Gasteiger partial charge in [0, 0.05) is 41.6 Å².